The van der Waals surface area contributed by atoms with E-state index in [2.05, 4.69) is 0 Å². The second-order valence-electron chi connectivity index (χ2n) is 5.19. The lowest BCUT2D eigenvalue weighted by molar-refractivity contribution is -0.444. The van der Waals surface area contributed by atoms with Gasteiger partial charge in [0.15, 0.2) is 6.23 Å². The van der Waals surface area contributed by atoms with Crippen LogP contribution in [0.15, 0.2) is 24.3 Å². The summed E-state index contributed by atoms with van der Waals surface area (Å²) in [4.78, 5) is 23.5. The Kier molecular flexibility index (Phi) is 4.67. The van der Waals surface area contributed by atoms with Crippen molar-refractivity contribution in [3.63, 3.8) is 0 Å². The maximum absolute atomic E-state index is 11.5. The third kappa shape index (κ3) is 3.12. The first-order valence-electron chi connectivity index (χ1n) is 6.86. The molecule has 0 radical (unpaired) electrons. The van der Waals surface area contributed by atoms with Crippen molar-refractivity contribution in [3.05, 3.63) is 35.4 Å². The van der Waals surface area contributed by atoms with Crippen LogP contribution in [0.3, 0.4) is 0 Å². The van der Waals surface area contributed by atoms with Gasteiger partial charge in [0.05, 0.1) is 19.2 Å². The first-order chi connectivity index (χ1) is 10.5. The molecule has 120 valence electrons. The van der Waals surface area contributed by atoms with Crippen LogP contribution in [0, 0.1) is 0 Å². The van der Waals surface area contributed by atoms with Gasteiger partial charge in [0, 0.05) is 12.8 Å². The summed E-state index contributed by atoms with van der Waals surface area (Å²) >= 11 is 0. The molecule has 6 nitrogen and oxygen atoms in total. The molecule has 22 heavy (non-hydrogen) atoms. The molecule has 3 aliphatic rings. The minimum Gasteiger partial charge on any atom is -0.465 e. The van der Waals surface area contributed by atoms with Crippen LogP contribution in [-0.4, -0.2) is 47.3 Å². The molecule has 2 bridgehead atoms. The molecule has 8 heteroatoms. The normalized spacial score (nSPS) is 29.3. The highest BCUT2D eigenvalue weighted by Gasteiger charge is 2.47. The quantitative estimate of drug-likeness (QED) is 0.613. The number of hydrogen-bond acceptors (Lipinski definition) is 8. The highest BCUT2D eigenvalue weighted by Crippen LogP contribution is 2.48. The van der Waals surface area contributed by atoms with Crippen LogP contribution in [-0.2, 0) is 21.0 Å². The second kappa shape index (κ2) is 6.38. The fraction of sp³-hybridized carbons (Fsp3) is 0.500. The Morgan fingerprint density at radius 1 is 1.45 bits per heavy atom. The number of carbonyl (C=O) groups is 1. The highest BCUT2D eigenvalue weighted by atomic mass is 33.1. The molecule has 3 saturated heterocycles. The van der Waals surface area contributed by atoms with Crippen LogP contribution >= 0.6 is 21.6 Å². The average molecular weight is 342 g/mol. The fourth-order valence-electron chi connectivity index (χ4n) is 2.29. The van der Waals surface area contributed by atoms with Gasteiger partial charge in [-0.05, 0) is 35.4 Å². The van der Waals surface area contributed by atoms with Gasteiger partial charge in [0.25, 0.3) is 0 Å². The molecule has 3 aliphatic heterocycles. The van der Waals surface area contributed by atoms with E-state index in [0.717, 1.165) is 11.3 Å². The van der Waals surface area contributed by atoms with Crippen molar-refractivity contribution in [1.82, 2.24) is 10.1 Å². The summed E-state index contributed by atoms with van der Waals surface area (Å²) in [6.07, 6.45) is -0.0950. The standard InChI is InChI=1S/C14H18N2O4S2/c1-14-16(19-12(9-21-22-14)15(2)20-14)8-10-4-6-11(7-5-10)13(17)18-3/h4-7,12H,8-9H2,1-3H3. The third-order valence-electron chi connectivity index (χ3n) is 3.55. The summed E-state index contributed by atoms with van der Waals surface area (Å²) in [6, 6.07) is 7.32. The van der Waals surface area contributed by atoms with Gasteiger partial charge in [-0.3, -0.25) is 9.68 Å². The van der Waals surface area contributed by atoms with Crippen molar-refractivity contribution in [3.8, 4) is 0 Å². The topological polar surface area (TPSA) is 51.2 Å². The summed E-state index contributed by atoms with van der Waals surface area (Å²) in [6.45, 7) is 2.57. The third-order valence-corrected chi connectivity index (χ3v) is 6.36. The van der Waals surface area contributed by atoms with Crippen molar-refractivity contribution in [2.24, 2.45) is 0 Å². The van der Waals surface area contributed by atoms with Gasteiger partial charge in [-0.1, -0.05) is 22.9 Å². The van der Waals surface area contributed by atoms with E-state index in [0.29, 0.717) is 12.1 Å². The summed E-state index contributed by atoms with van der Waals surface area (Å²) in [5.41, 5.74) is 1.58. The zero-order valence-corrected chi connectivity index (χ0v) is 14.3. The van der Waals surface area contributed by atoms with Crippen LogP contribution in [0.5, 0.6) is 0 Å². The zero-order valence-electron chi connectivity index (χ0n) is 12.6. The van der Waals surface area contributed by atoms with Crippen LogP contribution in [0.2, 0.25) is 0 Å². The van der Waals surface area contributed by atoms with E-state index in [1.54, 1.807) is 38.8 Å². The van der Waals surface area contributed by atoms with E-state index in [-0.39, 0.29) is 12.2 Å². The number of hydroxylamine groups is 4. The minimum atomic E-state index is -0.576. The van der Waals surface area contributed by atoms with E-state index < -0.39 is 5.06 Å². The number of esters is 1. The van der Waals surface area contributed by atoms with Gasteiger partial charge in [-0.15, -0.1) is 5.06 Å². The van der Waals surface area contributed by atoms with Gasteiger partial charge < -0.3 is 4.74 Å². The molecule has 3 heterocycles. The van der Waals surface area contributed by atoms with Gasteiger partial charge in [0.1, 0.15) is 0 Å². The summed E-state index contributed by atoms with van der Waals surface area (Å²) in [5.74, 6) is 0.509. The predicted molar refractivity (Wildman–Crippen MR) is 85.5 cm³/mol. The van der Waals surface area contributed by atoms with Crippen LogP contribution in [0.1, 0.15) is 22.8 Å². The summed E-state index contributed by atoms with van der Waals surface area (Å²) in [7, 11) is 6.66. The van der Waals surface area contributed by atoms with Gasteiger partial charge in [-0.25, -0.2) is 4.79 Å². The van der Waals surface area contributed by atoms with E-state index in [9.17, 15) is 4.79 Å². The molecule has 2 unspecified atom stereocenters. The summed E-state index contributed by atoms with van der Waals surface area (Å²) < 4.78 is 4.71. The molecule has 0 spiro atoms. The number of hydrogen-bond donors (Lipinski definition) is 0. The lowest BCUT2D eigenvalue weighted by Crippen LogP contribution is -2.57. The Hall–Kier alpha value is -0.770. The molecule has 2 atom stereocenters. The van der Waals surface area contributed by atoms with Crippen molar-refractivity contribution in [2.75, 3.05) is 19.9 Å². The molecule has 0 amide bonds. The lowest BCUT2D eigenvalue weighted by Gasteiger charge is -2.45. The second-order valence-corrected chi connectivity index (χ2v) is 7.89. The molecule has 0 aromatic heterocycles. The number of ether oxygens (including phenoxy) is 1. The monoisotopic (exact) mass is 342 g/mol. The molecule has 1 aromatic rings. The van der Waals surface area contributed by atoms with Gasteiger partial charge >= 0.3 is 5.97 Å². The van der Waals surface area contributed by atoms with Crippen LogP contribution < -0.4 is 0 Å². The molecular weight excluding hydrogens is 324 g/mol. The first kappa shape index (κ1) is 16.1. The zero-order chi connectivity index (χ0) is 15.7. The smallest absolute Gasteiger partial charge is 0.337 e. The maximum Gasteiger partial charge on any atom is 0.337 e. The molecule has 3 fully saturated rings. The Balaban J connectivity index is 1.74. The number of rotatable bonds is 3. The molecule has 1 aromatic carbocycles. The van der Waals surface area contributed by atoms with Crippen molar-refractivity contribution in [1.29, 1.82) is 0 Å². The van der Waals surface area contributed by atoms with Crippen molar-refractivity contribution in [2.45, 2.75) is 24.8 Å². The number of methoxy groups -OCH3 is 1. The Morgan fingerprint density at radius 3 is 2.86 bits per heavy atom. The largest absolute Gasteiger partial charge is 0.465 e. The van der Waals surface area contributed by atoms with E-state index in [1.165, 1.54) is 7.11 Å². The number of nitrogens with zero attached hydrogens (tertiary/aromatic N) is 2. The number of fused-ring (bicyclic) bond motifs is 4. The molecule has 0 saturated carbocycles. The average Bonchev–Trinajstić information content (AvgIpc) is 2.75. The fourth-order valence-corrected chi connectivity index (χ4v) is 4.85. The Bertz CT molecular complexity index is 556. The predicted octanol–water partition coefficient (Wildman–Crippen LogP) is 2.48. The van der Waals surface area contributed by atoms with E-state index in [4.69, 9.17) is 14.4 Å². The number of carbonyl (C=O) groups excluding carboxylic acids is 1. The highest BCUT2D eigenvalue weighted by molar-refractivity contribution is 8.77. The van der Waals surface area contributed by atoms with Gasteiger partial charge in [-0.2, -0.15) is 5.06 Å². The van der Waals surface area contributed by atoms with E-state index in [1.807, 2.05) is 31.2 Å². The minimum absolute atomic E-state index is 0.0950. The van der Waals surface area contributed by atoms with E-state index >= 15 is 0 Å². The van der Waals surface area contributed by atoms with Crippen molar-refractivity contribution < 1.29 is 19.2 Å². The number of benzene rings is 1. The summed E-state index contributed by atoms with van der Waals surface area (Å²) in [5, 5.41) is 3.05. The van der Waals surface area contributed by atoms with Crippen LogP contribution in [0.4, 0.5) is 0 Å². The van der Waals surface area contributed by atoms with Crippen LogP contribution in [0.25, 0.3) is 0 Å². The van der Waals surface area contributed by atoms with Gasteiger partial charge in [0.2, 0.25) is 5.06 Å². The lowest BCUT2D eigenvalue weighted by atomic mass is 10.1. The SMILES string of the molecule is COC(=O)c1ccc(CN2OC3CSSC2(C)ON3C)cc1. The molecular formula is C14H18N2O4S2. The first-order valence-corrected chi connectivity index (χ1v) is 9.18. The molecule has 0 aliphatic carbocycles. The van der Waals surface area contributed by atoms with Crippen molar-refractivity contribution >= 4 is 27.6 Å². The molecule has 4 rings (SSSR count). The Morgan fingerprint density at radius 2 is 2.18 bits per heavy atom. The Labute approximate surface area is 137 Å². The molecule has 0 N–H and O–H groups in total. The maximum atomic E-state index is 11.5.